The summed E-state index contributed by atoms with van der Waals surface area (Å²) in [5.41, 5.74) is -1.29. The lowest BCUT2D eigenvalue weighted by Gasteiger charge is -2.15. The Kier molecular flexibility index (Phi) is 13.2. The van der Waals surface area contributed by atoms with E-state index in [4.69, 9.17) is 18.9 Å². The van der Waals surface area contributed by atoms with Gasteiger partial charge in [0.1, 0.15) is 40.2 Å². The topological polar surface area (TPSA) is 124 Å². The van der Waals surface area contributed by atoms with Gasteiger partial charge in [-0.2, -0.15) is 13.2 Å². The van der Waals surface area contributed by atoms with Gasteiger partial charge in [0.25, 0.3) is 0 Å². The number of alkyl halides is 3. The molecule has 0 aliphatic heterocycles. The fraction of sp³-hybridized carbons (Fsp3) is 0.212. The van der Waals surface area contributed by atoms with Gasteiger partial charge in [0.15, 0.2) is 0 Å². The molecule has 0 spiro atoms. The summed E-state index contributed by atoms with van der Waals surface area (Å²) in [5.74, 6) is -6.41. The lowest BCUT2D eigenvalue weighted by atomic mass is 10.1. The molecule has 0 saturated carbocycles. The van der Waals surface area contributed by atoms with Crippen molar-refractivity contribution < 1.29 is 69.6 Å². The molecule has 3 aromatic carbocycles. The molecule has 10 nitrogen and oxygen atoms in total. The first-order valence-electron chi connectivity index (χ1n) is 13.8. The maximum absolute atomic E-state index is 14.4. The number of esters is 4. The van der Waals surface area contributed by atoms with E-state index in [0.717, 1.165) is 36.4 Å². The number of hydrogen-bond acceptors (Lipinski definition) is 10. The molecule has 48 heavy (non-hydrogen) atoms. The van der Waals surface area contributed by atoms with E-state index in [1.54, 1.807) is 0 Å². The highest BCUT2D eigenvalue weighted by Gasteiger charge is 2.36. The van der Waals surface area contributed by atoms with Crippen LogP contribution in [0.1, 0.15) is 29.5 Å². The molecule has 254 valence electrons. The first-order valence-corrected chi connectivity index (χ1v) is 13.8. The van der Waals surface area contributed by atoms with E-state index >= 15 is 0 Å². The standard InChI is InChI=1S/C33H27F5O10/c1-3-29(39)45-18-43-22-9-5-20(26(34)16-22)7-13-31(41)47-24-11-12-28(25(15-24)33(36,37)38)48-32(42)14-8-21-6-10-23(17-27(21)35)44-19-46-30(40)4-2/h3-6,9-12,15-17H,1-2,7-8,13-14,18-19H2. The molecule has 15 heteroatoms. The summed E-state index contributed by atoms with van der Waals surface area (Å²) in [5, 5.41) is 0. The third kappa shape index (κ3) is 11.6. The summed E-state index contributed by atoms with van der Waals surface area (Å²) in [6, 6.07) is 9.49. The molecule has 0 amide bonds. The fourth-order valence-corrected chi connectivity index (χ4v) is 3.78. The summed E-state index contributed by atoms with van der Waals surface area (Å²) in [7, 11) is 0. The lowest BCUT2D eigenvalue weighted by Crippen LogP contribution is -2.15. The average Bonchev–Trinajstić information content (AvgIpc) is 3.04. The van der Waals surface area contributed by atoms with Crippen LogP contribution in [0.25, 0.3) is 0 Å². The van der Waals surface area contributed by atoms with Crippen LogP contribution in [0.4, 0.5) is 22.0 Å². The number of halogens is 5. The first-order chi connectivity index (χ1) is 22.8. The van der Waals surface area contributed by atoms with Crippen molar-refractivity contribution in [2.75, 3.05) is 13.6 Å². The molecule has 0 fully saturated rings. The van der Waals surface area contributed by atoms with Gasteiger partial charge in [0, 0.05) is 24.3 Å². The van der Waals surface area contributed by atoms with Gasteiger partial charge in [-0.3, -0.25) is 9.59 Å². The molecule has 0 aromatic heterocycles. The van der Waals surface area contributed by atoms with Gasteiger partial charge in [0.2, 0.25) is 13.6 Å². The number of benzene rings is 3. The van der Waals surface area contributed by atoms with E-state index < -0.39 is 85.2 Å². The van der Waals surface area contributed by atoms with Crippen LogP contribution in [-0.4, -0.2) is 37.5 Å². The van der Waals surface area contributed by atoms with Crippen molar-refractivity contribution in [1.29, 1.82) is 0 Å². The van der Waals surface area contributed by atoms with Crippen molar-refractivity contribution in [2.45, 2.75) is 31.9 Å². The Labute approximate surface area is 270 Å². The third-order valence-electron chi connectivity index (χ3n) is 6.14. The minimum absolute atomic E-state index is 0.0182. The zero-order valence-corrected chi connectivity index (χ0v) is 25.0. The van der Waals surface area contributed by atoms with E-state index in [0.29, 0.717) is 6.07 Å². The molecule has 0 unspecified atom stereocenters. The Bertz CT molecular complexity index is 1670. The second-order valence-electron chi connectivity index (χ2n) is 9.47. The molecule has 0 saturated heterocycles. The van der Waals surface area contributed by atoms with Crippen LogP contribution in [0.5, 0.6) is 23.0 Å². The average molecular weight is 679 g/mol. The van der Waals surface area contributed by atoms with Crippen LogP contribution in [0, 0.1) is 11.6 Å². The van der Waals surface area contributed by atoms with Crippen molar-refractivity contribution in [1.82, 2.24) is 0 Å². The normalized spacial score (nSPS) is 10.8. The molecule has 0 aliphatic carbocycles. The maximum atomic E-state index is 14.4. The summed E-state index contributed by atoms with van der Waals surface area (Å²) >= 11 is 0. The molecular weight excluding hydrogens is 651 g/mol. The Morgan fingerprint density at radius 3 is 1.54 bits per heavy atom. The third-order valence-corrected chi connectivity index (χ3v) is 6.14. The minimum atomic E-state index is -5.02. The molecular formula is C33H27F5O10. The van der Waals surface area contributed by atoms with Crippen LogP contribution in [-0.2, 0) is 47.7 Å². The van der Waals surface area contributed by atoms with Gasteiger partial charge in [-0.15, -0.1) is 0 Å². The highest BCUT2D eigenvalue weighted by atomic mass is 19.4. The number of hydrogen-bond donors (Lipinski definition) is 0. The largest absolute Gasteiger partial charge is 0.457 e. The summed E-state index contributed by atoms with van der Waals surface area (Å²) in [6.07, 6.45) is -4.48. The van der Waals surface area contributed by atoms with E-state index in [9.17, 15) is 41.1 Å². The summed E-state index contributed by atoms with van der Waals surface area (Å²) in [4.78, 5) is 46.7. The predicted molar refractivity (Wildman–Crippen MR) is 156 cm³/mol. The molecule has 0 radical (unpaired) electrons. The Morgan fingerprint density at radius 1 is 0.646 bits per heavy atom. The van der Waals surface area contributed by atoms with Gasteiger partial charge >= 0.3 is 30.1 Å². The molecule has 0 bridgehead atoms. The molecule has 0 heterocycles. The minimum Gasteiger partial charge on any atom is -0.457 e. The van der Waals surface area contributed by atoms with Crippen molar-refractivity contribution in [2.24, 2.45) is 0 Å². The van der Waals surface area contributed by atoms with Gasteiger partial charge < -0.3 is 28.4 Å². The predicted octanol–water partition coefficient (Wildman–Crippen LogP) is 6.19. The van der Waals surface area contributed by atoms with E-state index in [2.05, 4.69) is 22.6 Å². The van der Waals surface area contributed by atoms with Gasteiger partial charge in [-0.1, -0.05) is 25.3 Å². The number of ether oxygens (including phenoxy) is 6. The number of rotatable bonds is 16. The lowest BCUT2D eigenvalue weighted by molar-refractivity contribution is -0.145. The van der Waals surface area contributed by atoms with Gasteiger partial charge in [-0.25, -0.2) is 18.4 Å². The summed E-state index contributed by atoms with van der Waals surface area (Å²) < 4.78 is 99.4. The maximum Gasteiger partial charge on any atom is 0.420 e. The van der Waals surface area contributed by atoms with E-state index in [-0.39, 0.29) is 35.5 Å². The molecule has 3 aromatic rings. The van der Waals surface area contributed by atoms with Crippen molar-refractivity contribution in [3.63, 3.8) is 0 Å². The van der Waals surface area contributed by atoms with Crippen molar-refractivity contribution in [3.8, 4) is 23.0 Å². The SMILES string of the molecule is C=CC(=O)OCOc1ccc(CCC(=O)Oc2ccc(OC(=O)CCc3ccc(OCOC(=O)C=C)cc3F)c(C(F)(F)F)c2)c(F)c1. The summed E-state index contributed by atoms with van der Waals surface area (Å²) in [6.45, 7) is 5.44. The second-order valence-corrected chi connectivity index (χ2v) is 9.47. The smallest absolute Gasteiger partial charge is 0.420 e. The zero-order valence-electron chi connectivity index (χ0n) is 25.0. The van der Waals surface area contributed by atoms with Crippen LogP contribution in [0.2, 0.25) is 0 Å². The van der Waals surface area contributed by atoms with Crippen molar-refractivity contribution >= 4 is 23.9 Å². The molecule has 0 aliphatic rings. The van der Waals surface area contributed by atoms with E-state index in [1.165, 1.54) is 24.3 Å². The monoisotopic (exact) mass is 678 g/mol. The zero-order chi connectivity index (χ0) is 35.3. The van der Waals surface area contributed by atoms with Gasteiger partial charge in [0.05, 0.1) is 12.8 Å². The van der Waals surface area contributed by atoms with Crippen LogP contribution >= 0.6 is 0 Å². The van der Waals surface area contributed by atoms with Crippen LogP contribution in [0.3, 0.4) is 0 Å². The fourth-order valence-electron chi connectivity index (χ4n) is 3.78. The number of aryl methyl sites for hydroxylation is 2. The van der Waals surface area contributed by atoms with Gasteiger partial charge in [-0.05, 0) is 54.3 Å². The Balaban J connectivity index is 1.55. The quantitative estimate of drug-likeness (QED) is 0.0570. The molecule has 0 atom stereocenters. The first kappa shape index (κ1) is 36.7. The van der Waals surface area contributed by atoms with Crippen LogP contribution < -0.4 is 18.9 Å². The second kappa shape index (κ2) is 17.3. The Hall–Kier alpha value is -5.73. The van der Waals surface area contributed by atoms with E-state index in [1.807, 2.05) is 0 Å². The number of carbonyl (C=O) groups is 4. The number of carbonyl (C=O) groups excluding carboxylic acids is 4. The Morgan fingerprint density at radius 2 is 1.10 bits per heavy atom. The highest BCUT2D eigenvalue weighted by Crippen LogP contribution is 2.39. The molecule has 0 N–H and O–H groups in total. The van der Waals surface area contributed by atoms with Crippen LogP contribution in [0.15, 0.2) is 79.9 Å². The molecule has 3 rings (SSSR count). The van der Waals surface area contributed by atoms with Crippen molar-refractivity contribution in [3.05, 3.63) is 108 Å². The highest BCUT2D eigenvalue weighted by molar-refractivity contribution is 5.81.